The van der Waals surface area contributed by atoms with Crippen molar-refractivity contribution in [1.29, 1.82) is 0 Å². The molecule has 0 aliphatic heterocycles. The van der Waals surface area contributed by atoms with Crippen molar-refractivity contribution in [1.82, 2.24) is 20.2 Å². The van der Waals surface area contributed by atoms with Crippen molar-refractivity contribution in [2.24, 2.45) is 0 Å². The number of H-pyrrole nitrogens is 1. The Labute approximate surface area is 145 Å². The second-order valence-corrected chi connectivity index (χ2v) is 5.69. The fraction of sp³-hybridized carbons (Fsp3) is 0.105. The van der Waals surface area contributed by atoms with Crippen molar-refractivity contribution < 1.29 is 0 Å². The molecule has 3 N–H and O–H groups in total. The normalized spacial score (nSPS) is 10.7. The van der Waals surface area contributed by atoms with Gasteiger partial charge in [-0.25, -0.2) is 0 Å². The van der Waals surface area contributed by atoms with E-state index >= 15 is 0 Å². The van der Waals surface area contributed by atoms with Crippen LogP contribution in [0.4, 0.5) is 17.5 Å². The van der Waals surface area contributed by atoms with Gasteiger partial charge in [0.15, 0.2) is 5.82 Å². The minimum atomic E-state index is 0.475. The second-order valence-electron chi connectivity index (χ2n) is 5.69. The van der Waals surface area contributed by atoms with Crippen molar-refractivity contribution in [2.45, 2.75) is 6.42 Å². The number of aromatic amines is 1. The average molecular weight is 330 g/mol. The van der Waals surface area contributed by atoms with Crippen molar-refractivity contribution >= 4 is 28.4 Å². The summed E-state index contributed by atoms with van der Waals surface area (Å²) in [5.74, 6) is 1.18. The fourth-order valence-electron chi connectivity index (χ4n) is 2.76. The summed E-state index contributed by atoms with van der Waals surface area (Å²) in [6, 6.07) is 18.1. The molecule has 0 aliphatic rings. The van der Waals surface area contributed by atoms with Crippen LogP contribution in [0, 0.1) is 0 Å². The summed E-state index contributed by atoms with van der Waals surface area (Å²) < 4.78 is 0. The topological polar surface area (TPSA) is 78.5 Å². The molecule has 0 unspecified atom stereocenters. The first-order valence-electron chi connectivity index (χ1n) is 8.19. The Morgan fingerprint density at radius 2 is 1.80 bits per heavy atom. The predicted molar refractivity (Wildman–Crippen MR) is 100 cm³/mol. The van der Waals surface area contributed by atoms with E-state index in [1.165, 1.54) is 10.9 Å². The monoisotopic (exact) mass is 330 g/mol. The Morgan fingerprint density at radius 3 is 2.72 bits per heavy atom. The van der Waals surface area contributed by atoms with Crippen LogP contribution >= 0.6 is 0 Å². The lowest BCUT2D eigenvalue weighted by Gasteiger charge is -2.07. The zero-order valence-corrected chi connectivity index (χ0v) is 13.6. The molecule has 0 amide bonds. The predicted octanol–water partition coefficient (Wildman–Crippen LogP) is 3.75. The molecule has 2 aromatic carbocycles. The van der Waals surface area contributed by atoms with Gasteiger partial charge in [-0.2, -0.15) is 10.1 Å². The van der Waals surface area contributed by atoms with Crippen LogP contribution in [0.5, 0.6) is 0 Å². The summed E-state index contributed by atoms with van der Waals surface area (Å²) in [7, 11) is 0. The first-order chi connectivity index (χ1) is 12.4. The molecule has 0 spiro atoms. The molecule has 0 fully saturated rings. The molecule has 0 atom stereocenters. The summed E-state index contributed by atoms with van der Waals surface area (Å²) in [6.07, 6.45) is 4.59. The van der Waals surface area contributed by atoms with Crippen molar-refractivity contribution in [3.63, 3.8) is 0 Å². The number of hydrogen-bond acceptors (Lipinski definition) is 5. The van der Waals surface area contributed by atoms with Gasteiger partial charge in [0.2, 0.25) is 5.95 Å². The summed E-state index contributed by atoms with van der Waals surface area (Å²) in [5.41, 5.74) is 3.38. The van der Waals surface area contributed by atoms with Gasteiger partial charge in [0.1, 0.15) is 0 Å². The molecule has 0 bridgehead atoms. The smallest absolute Gasteiger partial charge is 0.249 e. The third-order valence-corrected chi connectivity index (χ3v) is 3.96. The second kappa shape index (κ2) is 7.00. The van der Waals surface area contributed by atoms with Crippen molar-refractivity contribution in [3.05, 3.63) is 72.6 Å². The van der Waals surface area contributed by atoms with Gasteiger partial charge in [0.05, 0.1) is 6.20 Å². The maximum absolute atomic E-state index is 4.45. The average Bonchev–Trinajstić information content (AvgIpc) is 3.06. The SMILES string of the molecule is c1ccc(Nc2nncc(NCCc3c[nH]c4ccccc34)n2)cc1. The molecule has 0 saturated carbocycles. The van der Waals surface area contributed by atoms with E-state index in [9.17, 15) is 0 Å². The number of fused-ring (bicyclic) bond motifs is 1. The highest BCUT2D eigenvalue weighted by molar-refractivity contribution is 5.83. The number of nitrogens with one attached hydrogen (secondary N) is 3. The fourth-order valence-corrected chi connectivity index (χ4v) is 2.76. The molecule has 4 rings (SSSR count). The van der Waals surface area contributed by atoms with Gasteiger partial charge in [0, 0.05) is 29.3 Å². The Kier molecular flexibility index (Phi) is 4.24. The van der Waals surface area contributed by atoms with Crippen LogP contribution in [-0.4, -0.2) is 26.7 Å². The highest BCUT2D eigenvalue weighted by Gasteiger charge is 2.04. The van der Waals surface area contributed by atoms with E-state index < -0.39 is 0 Å². The molecule has 0 aliphatic carbocycles. The van der Waals surface area contributed by atoms with Crippen LogP contribution in [0.15, 0.2) is 67.0 Å². The van der Waals surface area contributed by atoms with Crippen LogP contribution < -0.4 is 10.6 Å². The third-order valence-electron chi connectivity index (χ3n) is 3.96. The van der Waals surface area contributed by atoms with Crippen LogP contribution in [0.25, 0.3) is 10.9 Å². The number of benzene rings is 2. The molecule has 2 aromatic heterocycles. The van der Waals surface area contributed by atoms with Gasteiger partial charge in [-0.05, 0) is 30.2 Å². The van der Waals surface area contributed by atoms with Crippen molar-refractivity contribution in [3.8, 4) is 0 Å². The largest absolute Gasteiger partial charge is 0.368 e. The molecule has 6 nitrogen and oxygen atoms in total. The van der Waals surface area contributed by atoms with Crippen LogP contribution in [0.2, 0.25) is 0 Å². The van der Waals surface area contributed by atoms with Gasteiger partial charge in [-0.3, -0.25) is 0 Å². The van der Waals surface area contributed by atoms with E-state index in [2.05, 4.69) is 55.2 Å². The molecule has 25 heavy (non-hydrogen) atoms. The third kappa shape index (κ3) is 3.58. The molecular formula is C19H18N6. The summed E-state index contributed by atoms with van der Waals surface area (Å²) in [5, 5.41) is 15.7. The van der Waals surface area contributed by atoms with Gasteiger partial charge >= 0.3 is 0 Å². The maximum atomic E-state index is 4.45. The lowest BCUT2D eigenvalue weighted by Crippen LogP contribution is -2.08. The Balaban J connectivity index is 1.39. The number of anilines is 3. The highest BCUT2D eigenvalue weighted by atomic mass is 15.3. The molecular weight excluding hydrogens is 312 g/mol. The number of para-hydroxylation sites is 2. The van der Waals surface area contributed by atoms with Crippen LogP contribution in [0.1, 0.15) is 5.56 Å². The highest BCUT2D eigenvalue weighted by Crippen LogP contribution is 2.18. The first kappa shape index (κ1) is 15.1. The minimum absolute atomic E-state index is 0.475. The number of hydrogen-bond donors (Lipinski definition) is 3. The molecule has 0 radical (unpaired) electrons. The lowest BCUT2D eigenvalue weighted by molar-refractivity contribution is 0.952. The van der Waals surface area contributed by atoms with E-state index in [1.54, 1.807) is 6.20 Å². The minimum Gasteiger partial charge on any atom is -0.368 e. The number of rotatable bonds is 6. The number of aromatic nitrogens is 4. The molecule has 0 saturated heterocycles. The summed E-state index contributed by atoms with van der Waals surface area (Å²) in [6.45, 7) is 0.769. The Bertz CT molecular complexity index is 964. The Morgan fingerprint density at radius 1 is 0.960 bits per heavy atom. The van der Waals surface area contributed by atoms with Crippen LogP contribution in [-0.2, 0) is 6.42 Å². The summed E-state index contributed by atoms with van der Waals surface area (Å²) >= 11 is 0. The molecule has 124 valence electrons. The van der Waals surface area contributed by atoms with Gasteiger partial charge in [-0.15, -0.1) is 5.10 Å². The summed E-state index contributed by atoms with van der Waals surface area (Å²) in [4.78, 5) is 7.74. The zero-order valence-electron chi connectivity index (χ0n) is 13.6. The van der Waals surface area contributed by atoms with Crippen LogP contribution in [0.3, 0.4) is 0 Å². The van der Waals surface area contributed by atoms with Gasteiger partial charge < -0.3 is 15.6 Å². The maximum Gasteiger partial charge on any atom is 0.249 e. The zero-order chi connectivity index (χ0) is 16.9. The first-order valence-corrected chi connectivity index (χ1v) is 8.19. The van der Waals surface area contributed by atoms with Gasteiger partial charge in [0.25, 0.3) is 0 Å². The Hall–Kier alpha value is -3.41. The molecule has 2 heterocycles. The van der Waals surface area contributed by atoms with E-state index in [0.29, 0.717) is 11.8 Å². The van der Waals surface area contributed by atoms with E-state index in [-0.39, 0.29) is 0 Å². The molecule has 6 heteroatoms. The van der Waals surface area contributed by atoms with E-state index in [1.807, 2.05) is 36.4 Å². The van der Waals surface area contributed by atoms with Crippen molar-refractivity contribution in [2.75, 3.05) is 17.2 Å². The molecule has 4 aromatic rings. The van der Waals surface area contributed by atoms with E-state index in [0.717, 1.165) is 24.2 Å². The lowest BCUT2D eigenvalue weighted by atomic mass is 10.1. The van der Waals surface area contributed by atoms with E-state index in [4.69, 9.17) is 0 Å². The van der Waals surface area contributed by atoms with Gasteiger partial charge in [-0.1, -0.05) is 36.4 Å². The quantitative estimate of drug-likeness (QED) is 0.502. The standard InChI is InChI=1S/C19H18N6/c1-2-6-15(7-3-1)23-19-24-18(13-22-25-19)20-11-10-14-12-21-17-9-5-4-8-16(14)17/h1-9,12-13,21H,10-11H2,(H2,20,23,24,25). The number of nitrogens with zero attached hydrogens (tertiary/aromatic N) is 3.